The molecule has 0 aromatic heterocycles. The van der Waals surface area contributed by atoms with E-state index in [0.717, 1.165) is 5.56 Å². The lowest BCUT2D eigenvalue weighted by molar-refractivity contribution is -0.140. The molecule has 0 aliphatic carbocycles. The third kappa shape index (κ3) is 5.13. The van der Waals surface area contributed by atoms with Crippen LogP contribution in [-0.4, -0.2) is 55.7 Å². The molecule has 1 atom stereocenters. The van der Waals surface area contributed by atoms with E-state index < -0.39 is 6.04 Å². The summed E-state index contributed by atoms with van der Waals surface area (Å²) in [5.41, 5.74) is 1.01. The third-order valence-electron chi connectivity index (χ3n) is 3.42. The summed E-state index contributed by atoms with van der Waals surface area (Å²) in [4.78, 5) is 25.7. The maximum absolute atomic E-state index is 12.1. The smallest absolute Gasteiger partial charge is 0.246 e. The van der Waals surface area contributed by atoms with Crippen molar-refractivity contribution in [3.8, 4) is 0 Å². The molecule has 1 saturated heterocycles. The highest BCUT2D eigenvalue weighted by molar-refractivity contribution is 5.87. The minimum Gasteiger partial charge on any atom is -0.378 e. The topological polar surface area (TPSA) is 67.9 Å². The Morgan fingerprint density at radius 1 is 1.27 bits per heavy atom. The standard InChI is InChI=1S/C16H22N2O4/c1-13(16(20)18-7-9-21-10-8-18)17-15(19)12-22-11-14-5-3-2-4-6-14/h2-6,13H,7-12H2,1H3,(H,17,19). The molecule has 1 fully saturated rings. The van der Waals surface area contributed by atoms with Crippen LogP contribution in [0.1, 0.15) is 12.5 Å². The van der Waals surface area contributed by atoms with E-state index in [1.165, 1.54) is 0 Å². The fourth-order valence-corrected chi connectivity index (χ4v) is 2.24. The highest BCUT2D eigenvalue weighted by Crippen LogP contribution is 2.02. The average molecular weight is 306 g/mol. The van der Waals surface area contributed by atoms with Gasteiger partial charge < -0.3 is 19.7 Å². The molecule has 120 valence electrons. The van der Waals surface area contributed by atoms with E-state index in [4.69, 9.17) is 9.47 Å². The van der Waals surface area contributed by atoms with Gasteiger partial charge in [0.2, 0.25) is 11.8 Å². The molecule has 0 bridgehead atoms. The molecular weight excluding hydrogens is 284 g/mol. The van der Waals surface area contributed by atoms with E-state index in [2.05, 4.69) is 5.32 Å². The number of carbonyl (C=O) groups is 2. The van der Waals surface area contributed by atoms with Gasteiger partial charge in [0.15, 0.2) is 0 Å². The van der Waals surface area contributed by atoms with E-state index >= 15 is 0 Å². The summed E-state index contributed by atoms with van der Waals surface area (Å²) in [5.74, 6) is -0.371. The van der Waals surface area contributed by atoms with Crippen LogP contribution in [0.5, 0.6) is 0 Å². The Kier molecular flexibility index (Phi) is 6.36. The first-order chi connectivity index (χ1) is 10.7. The van der Waals surface area contributed by atoms with Crippen molar-refractivity contribution in [2.45, 2.75) is 19.6 Å². The van der Waals surface area contributed by atoms with E-state index in [-0.39, 0.29) is 18.4 Å². The van der Waals surface area contributed by atoms with Gasteiger partial charge in [0.1, 0.15) is 12.6 Å². The van der Waals surface area contributed by atoms with Crippen LogP contribution >= 0.6 is 0 Å². The van der Waals surface area contributed by atoms with Crippen LogP contribution in [0.2, 0.25) is 0 Å². The largest absolute Gasteiger partial charge is 0.378 e. The maximum atomic E-state index is 12.1. The van der Waals surface area contributed by atoms with Crippen LogP contribution in [0.25, 0.3) is 0 Å². The minimum absolute atomic E-state index is 0.0599. The fraction of sp³-hybridized carbons (Fsp3) is 0.500. The first kappa shape index (κ1) is 16.5. The first-order valence-corrected chi connectivity index (χ1v) is 7.44. The predicted octanol–water partition coefficient (Wildman–Crippen LogP) is 0.567. The Bertz CT molecular complexity index is 486. The Labute approximate surface area is 130 Å². The number of ether oxygens (including phenoxy) is 2. The molecule has 6 heteroatoms. The summed E-state index contributed by atoms with van der Waals surface area (Å²) in [6.45, 7) is 4.24. The van der Waals surface area contributed by atoms with E-state index in [9.17, 15) is 9.59 Å². The Morgan fingerprint density at radius 2 is 1.95 bits per heavy atom. The fourth-order valence-electron chi connectivity index (χ4n) is 2.24. The molecular formula is C16H22N2O4. The second-order valence-corrected chi connectivity index (χ2v) is 5.21. The van der Waals surface area contributed by atoms with Crippen molar-refractivity contribution in [2.75, 3.05) is 32.9 Å². The molecule has 6 nitrogen and oxygen atoms in total. The molecule has 0 saturated carbocycles. The van der Waals surface area contributed by atoms with E-state index in [1.54, 1.807) is 11.8 Å². The number of benzene rings is 1. The molecule has 0 spiro atoms. The average Bonchev–Trinajstić information content (AvgIpc) is 2.56. The minimum atomic E-state index is -0.550. The van der Waals surface area contributed by atoms with Crippen molar-refractivity contribution in [1.29, 1.82) is 0 Å². The van der Waals surface area contributed by atoms with Crippen molar-refractivity contribution in [3.05, 3.63) is 35.9 Å². The molecule has 1 N–H and O–H groups in total. The Balaban J connectivity index is 1.68. The quantitative estimate of drug-likeness (QED) is 0.834. The van der Waals surface area contributed by atoms with Gasteiger partial charge >= 0.3 is 0 Å². The molecule has 2 rings (SSSR count). The summed E-state index contributed by atoms with van der Waals surface area (Å²) in [7, 11) is 0. The number of morpholine rings is 1. The summed E-state index contributed by atoms with van der Waals surface area (Å²) in [5, 5.41) is 2.67. The van der Waals surface area contributed by atoms with Crippen LogP contribution in [-0.2, 0) is 25.7 Å². The summed E-state index contributed by atoms with van der Waals surface area (Å²) in [6, 6.07) is 9.08. The highest BCUT2D eigenvalue weighted by atomic mass is 16.5. The van der Waals surface area contributed by atoms with Crippen molar-refractivity contribution in [3.63, 3.8) is 0 Å². The third-order valence-corrected chi connectivity index (χ3v) is 3.42. The van der Waals surface area contributed by atoms with Gasteiger partial charge in [-0.1, -0.05) is 30.3 Å². The molecule has 1 aromatic carbocycles. The molecule has 1 aliphatic heterocycles. The molecule has 1 aliphatic rings. The zero-order chi connectivity index (χ0) is 15.8. The van der Waals surface area contributed by atoms with Gasteiger partial charge in [-0.25, -0.2) is 0 Å². The molecule has 1 unspecified atom stereocenters. The number of nitrogens with zero attached hydrogens (tertiary/aromatic N) is 1. The van der Waals surface area contributed by atoms with E-state index in [0.29, 0.717) is 32.9 Å². The predicted molar refractivity (Wildman–Crippen MR) is 81.1 cm³/mol. The van der Waals surface area contributed by atoms with Crippen LogP contribution in [0.3, 0.4) is 0 Å². The summed E-state index contributed by atoms with van der Waals surface area (Å²) in [6.07, 6.45) is 0. The zero-order valence-corrected chi connectivity index (χ0v) is 12.8. The molecule has 1 heterocycles. The zero-order valence-electron chi connectivity index (χ0n) is 12.8. The highest BCUT2D eigenvalue weighted by Gasteiger charge is 2.23. The van der Waals surface area contributed by atoms with Crippen LogP contribution < -0.4 is 5.32 Å². The van der Waals surface area contributed by atoms with Gasteiger partial charge in [0, 0.05) is 13.1 Å². The normalized spacial score (nSPS) is 16.1. The van der Waals surface area contributed by atoms with Crippen molar-refractivity contribution < 1.29 is 19.1 Å². The number of hydrogen-bond donors (Lipinski definition) is 1. The van der Waals surface area contributed by atoms with Gasteiger partial charge in [-0.15, -0.1) is 0 Å². The second-order valence-electron chi connectivity index (χ2n) is 5.21. The van der Waals surface area contributed by atoms with Crippen molar-refractivity contribution in [2.24, 2.45) is 0 Å². The first-order valence-electron chi connectivity index (χ1n) is 7.44. The lowest BCUT2D eigenvalue weighted by Gasteiger charge is -2.29. The second kappa shape index (κ2) is 8.51. The Hall–Kier alpha value is -1.92. The number of amides is 2. The van der Waals surface area contributed by atoms with Gasteiger partial charge in [0.05, 0.1) is 19.8 Å². The van der Waals surface area contributed by atoms with Crippen LogP contribution in [0.4, 0.5) is 0 Å². The SMILES string of the molecule is CC(NC(=O)COCc1ccccc1)C(=O)N1CCOCC1. The van der Waals surface area contributed by atoms with Crippen molar-refractivity contribution in [1.82, 2.24) is 10.2 Å². The number of carbonyl (C=O) groups excluding carboxylic acids is 2. The maximum Gasteiger partial charge on any atom is 0.246 e. The summed E-state index contributed by atoms with van der Waals surface area (Å²) >= 11 is 0. The number of nitrogens with one attached hydrogen (secondary N) is 1. The van der Waals surface area contributed by atoms with E-state index in [1.807, 2.05) is 30.3 Å². The molecule has 22 heavy (non-hydrogen) atoms. The lowest BCUT2D eigenvalue weighted by Crippen LogP contribution is -2.51. The van der Waals surface area contributed by atoms with Gasteiger partial charge in [-0.05, 0) is 12.5 Å². The number of rotatable bonds is 6. The van der Waals surface area contributed by atoms with Crippen molar-refractivity contribution >= 4 is 11.8 Å². The van der Waals surface area contributed by atoms with Gasteiger partial charge in [0.25, 0.3) is 0 Å². The monoisotopic (exact) mass is 306 g/mol. The summed E-state index contributed by atoms with van der Waals surface area (Å²) < 4.78 is 10.6. The van der Waals surface area contributed by atoms with Crippen LogP contribution in [0.15, 0.2) is 30.3 Å². The number of hydrogen-bond acceptors (Lipinski definition) is 4. The van der Waals surface area contributed by atoms with Gasteiger partial charge in [-0.3, -0.25) is 9.59 Å². The molecule has 2 amide bonds. The molecule has 0 radical (unpaired) electrons. The molecule has 1 aromatic rings. The lowest BCUT2D eigenvalue weighted by atomic mass is 10.2. The Morgan fingerprint density at radius 3 is 2.64 bits per heavy atom. The van der Waals surface area contributed by atoms with Crippen LogP contribution in [0, 0.1) is 0 Å². The van der Waals surface area contributed by atoms with Gasteiger partial charge in [-0.2, -0.15) is 0 Å².